The Morgan fingerprint density at radius 3 is 2.48 bits per heavy atom. The minimum absolute atomic E-state index is 0.0385. The first-order valence-electron chi connectivity index (χ1n) is 12.8. The molecule has 11 nitrogen and oxygen atoms in total. The number of aromatic nitrogens is 4. The summed E-state index contributed by atoms with van der Waals surface area (Å²) < 4.78 is 37.7. The molecule has 0 unspecified atom stereocenters. The van der Waals surface area contributed by atoms with Gasteiger partial charge in [-0.25, -0.2) is 13.5 Å². The summed E-state index contributed by atoms with van der Waals surface area (Å²) in [6, 6.07) is 2.67. The number of nitrogens with zero attached hydrogens (tertiary/aromatic N) is 4. The van der Waals surface area contributed by atoms with E-state index in [9.17, 15) is 23.6 Å². The highest BCUT2D eigenvalue weighted by molar-refractivity contribution is 5.97. The lowest BCUT2D eigenvalue weighted by molar-refractivity contribution is -0.143. The van der Waals surface area contributed by atoms with Crippen molar-refractivity contribution in [2.75, 3.05) is 6.61 Å². The van der Waals surface area contributed by atoms with Gasteiger partial charge in [-0.3, -0.25) is 19.2 Å². The molecule has 13 heteroatoms. The van der Waals surface area contributed by atoms with Crippen LogP contribution in [0.3, 0.4) is 0 Å². The van der Waals surface area contributed by atoms with Crippen LogP contribution in [0.2, 0.25) is 0 Å². The van der Waals surface area contributed by atoms with Gasteiger partial charge in [0.15, 0.2) is 11.6 Å². The standard InChI is InChI=1S/C27H32F2N6O5/c1-6-9-20(30-25(37)17-10-8-11-34(4)27(17)39)26(38)31-21(14-22(36)40-7-2)18-12-16(13-19(28)23(18)29)24-15(3)32-33-35(24)5/h8,10-13,20-21H,6-7,9,14H2,1-5H3,(H,30,37)(H,31,38)/t20-,21-/m0/s1. The van der Waals surface area contributed by atoms with Crippen molar-refractivity contribution in [3.8, 4) is 11.3 Å². The fourth-order valence-electron chi connectivity index (χ4n) is 4.32. The zero-order valence-electron chi connectivity index (χ0n) is 23.0. The lowest BCUT2D eigenvalue weighted by Gasteiger charge is -2.24. The summed E-state index contributed by atoms with van der Waals surface area (Å²) in [6.45, 7) is 5.06. The molecule has 3 aromatic rings. The number of esters is 1. The number of pyridine rings is 1. The van der Waals surface area contributed by atoms with Gasteiger partial charge in [-0.15, -0.1) is 5.10 Å². The molecule has 0 radical (unpaired) electrons. The van der Waals surface area contributed by atoms with Crippen molar-refractivity contribution in [2.24, 2.45) is 14.1 Å². The van der Waals surface area contributed by atoms with Crippen molar-refractivity contribution in [1.29, 1.82) is 0 Å². The number of ether oxygens (including phenoxy) is 1. The topological polar surface area (TPSA) is 137 Å². The number of halogens is 2. The lowest BCUT2D eigenvalue weighted by atomic mass is 9.97. The van der Waals surface area contributed by atoms with Gasteiger partial charge in [-0.1, -0.05) is 18.6 Å². The van der Waals surface area contributed by atoms with Crippen LogP contribution in [0.4, 0.5) is 8.78 Å². The fourth-order valence-corrected chi connectivity index (χ4v) is 4.32. The zero-order valence-corrected chi connectivity index (χ0v) is 23.0. The van der Waals surface area contributed by atoms with Gasteiger partial charge < -0.3 is 19.9 Å². The molecule has 0 saturated heterocycles. The second-order valence-electron chi connectivity index (χ2n) is 9.23. The van der Waals surface area contributed by atoms with E-state index in [0.717, 1.165) is 6.07 Å². The molecule has 2 aromatic heterocycles. The van der Waals surface area contributed by atoms with Crippen LogP contribution in [0.1, 0.15) is 60.8 Å². The number of benzene rings is 1. The number of nitrogens with one attached hydrogen (secondary N) is 2. The van der Waals surface area contributed by atoms with Gasteiger partial charge in [-0.2, -0.15) is 0 Å². The van der Waals surface area contributed by atoms with Crippen LogP contribution >= 0.6 is 0 Å². The van der Waals surface area contributed by atoms with Crippen LogP contribution in [-0.4, -0.2) is 50.0 Å². The number of hydrogen-bond acceptors (Lipinski definition) is 7. The van der Waals surface area contributed by atoms with Crippen molar-refractivity contribution in [3.63, 3.8) is 0 Å². The predicted molar refractivity (Wildman–Crippen MR) is 141 cm³/mol. The summed E-state index contributed by atoms with van der Waals surface area (Å²) in [6.07, 6.45) is 1.63. The lowest BCUT2D eigenvalue weighted by Crippen LogP contribution is -2.49. The quantitative estimate of drug-likeness (QED) is 0.345. The van der Waals surface area contributed by atoms with Crippen LogP contribution in [0, 0.1) is 18.6 Å². The predicted octanol–water partition coefficient (Wildman–Crippen LogP) is 2.48. The average Bonchev–Trinajstić information content (AvgIpc) is 3.24. The van der Waals surface area contributed by atoms with Crippen LogP contribution in [0.5, 0.6) is 0 Å². The Hall–Kier alpha value is -4.42. The zero-order chi connectivity index (χ0) is 29.6. The SMILES string of the molecule is CCC[C@H](NC(=O)c1cccn(C)c1=O)C(=O)N[C@@H](CC(=O)OCC)c1cc(-c2c(C)nnn2C)cc(F)c1F. The summed E-state index contributed by atoms with van der Waals surface area (Å²) in [4.78, 5) is 51.1. The minimum atomic E-state index is -1.34. The molecule has 40 heavy (non-hydrogen) atoms. The number of amides is 2. The van der Waals surface area contributed by atoms with Gasteiger partial charge >= 0.3 is 5.97 Å². The Bertz CT molecular complexity index is 1450. The Balaban J connectivity index is 1.98. The Morgan fingerprint density at radius 1 is 1.12 bits per heavy atom. The third-order valence-corrected chi connectivity index (χ3v) is 6.26. The second-order valence-corrected chi connectivity index (χ2v) is 9.23. The number of carbonyl (C=O) groups excluding carboxylic acids is 3. The van der Waals surface area contributed by atoms with Crippen molar-refractivity contribution in [3.05, 3.63) is 69.3 Å². The van der Waals surface area contributed by atoms with E-state index >= 15 is 4.39 Å². The van der Waals surface area contributed by atoms with Crippen LogP contribution in [0.25, 0.3) is 11.3 Å². The number of carbonyl (C=O) groups is 3. The van der Waals surface area contributed by atoms with Crippen molar-refractivity contribution in [2.45, 2.75) is 52.1 Å². The van der Waals surface area contributed by atoms with E-state index in [1.807, 2.05) is 0 Å². The van der Waals surface area contributed by atoms with E-state index in [0.29, 0.717) is 17.8 Å². The molecule has 1 aromatic carbocycles. The van der Waals surface area contributed by atoms with Gasteiger partial charge in [0.25, 0.3) is 11.5 Å². The molecule has 0 fully saturated rings. The van der Waals surface area contributed by atoms with Crippen molar-refractivity contribution >= 4 is 17.8 Å². The molecule has 0 aliphatic rings. The molecule has 2 N–H and O–H groups in total. The number of rotatable bonds is 11. The first-order valence-corrected chi connectivity index (χ1v) is 12.8. The van der Waals surface area contributed by atoms with Crippen LogP contribution < -0.4 is 16.2 Å². The number of aryl methyl sites for hydroxylation is 3. The first kappa shape index (κ1) is 30.1. The van der Waals surface area contributed by atoms with E-state index < -0.39 is 53.5 Å². The third-order valence-electron chi connectivity index (χ3n) is 6.26. The molecule has 0 aliphatic heterocycles. The summed E-state index contributed by atoms with van der Waals surface area (Å²) in [5.41, 5.74) is 0.106. The molecule has 3 rings (SSSR count). The van der Waals surface area contributed by atoms with E-state index in [1.54, 1.807) is 27.8 Å². The molecular formula is C27H32F2N6O5. The van der Waals surface area contributed by atoms with Crippen LogP contribution in [0.15, 0.2) is 35.3 Å². The molecular weight excluding hydrogens is 526 g/mol. The fraction of sp³-hybridized carbons (Fsp3) is 0.407. The second kappa shape index (κ2) is 13.1. The monoisotopic (exact) mass is 558 g/mol. The number of hydrogen-bond donors (Lipinski definition) is 2. The maximum absolute atomic E-state index is 15.2. The van der Waals surface area contributed by atoms with Crippen molar-refractivity contribution in [1.82, 2.24) is 30.2 Å². The largest absolute Gasteiger partial charge is 0.466 e. The Kier molecular flexibility index (Phi) is 9.86. The molecule has 2 atom stereocenters. The van der Waals surface area contributed by atoms with E-state index in [2.05, 4.69) is 20.9 Å². The van der Waals surface area contributed by atoms with Gasteiger partial charge in [0.1, 0.15) is 11.6 Å². The molecule has 0 saturated carbocycles. The molecule has 0 spiro atoms. The summed E-state index contributed by atoms with van der Waals surface area (Å²) in [5, 5.41) is 12.9. The van der Waals surface area contributed by atoms with Gasteiger partial charge in [0.2, 0.25) is 5.91 Å². The van der Waals surface area contributed by atoms with Gasteiger partial charge in [0, 0.05) is 31.4 Å². The highest BCUT2D eigenvalue weighted by Gasteiger charge is 2.29. The highest BCUT2D eigenvalue weighted by Crippen LogP contribution is 2.30. The molecule has 2 heterocycles. The summed E-state index contributed by atoms with van der Waals surface area (Å²) in [5.74, 6) is -4.72. The van der Waals surface area contributed by atoms with E-state index in [4.69, 9.17) is 4.74 Å². The van der Waals surface area contributed by atoms with E-state index in [-0.39, 0.29) is 29.7 Å². The maximum Gasteiger partial charge on any atom is 0.308 e. The summed E-state index contributed by atoms with van der Waals surface area (Å²) >= 11 is 0. The molecule has 0 bridgehead atoms. The minimum Gasteiger partial charge on any atom is -0.466 e. The normalized spacial score (nSPS) is 12.5. The van der Waals surface area contributed by atoms with Gasteiger partial charge in [-0.05, 0) is 44.5 Å². The van der Waals surface area contributed by atoms with Crippen molar-refractivity contribution < 1.29 is 27.9 Å². The van der Waals surface area contributed by atoms with Crippen LogP contribution in [-0.2, 0) is 28.4 Å². The van der Waals surface area contributed by atoms with Gasteiger partial charge in [0.05, 0.1) is 30.5 Å². The smallest absolute Gasteiger partial charge is 0.308 e. The Labute approximate surface area is 229 Å². The third kappa shape index (κ3) is 6.77. The molecule has 214 valence electrons. The summed E-state index contributed by atoms with van der Waals surface area (Å²) in [7, 11) is 3.08. The molecule has 0 aliphatic carbocycles. The first-order chi connectivity index (χ1) is 19.0. The molecule has 2 amide bonds. The van der Waals surface area contributed by atoms with E-state index in [1.165, 1.54) is 40.7 Å². The Morgan fingerprint density at radius 2 is 1.85 bits per heavy atom. The highest BCUT2D eigenvalue weighted by atomic mass is 19.2. The maximum atomic E-state index is 15.2. The average molecular weight is 559 g/mol.